The second kappa shape index (κ2) is 6.09. The topological polar surface area (TPSA) is 77.7 Å². The van der Waals surface area contributed by atoms with Crippen LogP contribution >= 0.6 is 0 Å². The minimum atomic E-state index is -3.30. The van der Waals surface area contributed by atoms with E-state index in [0.717, 1.165) is 11.8 Å². The van der Waals surface area contributed by atoms with Gasteiger partial charge in [-0.1, -0.05) is 6.07 Å². The minimum absolute atomic E-state index is 0.0763. The summed E-state index contributed by atoms with van der Waals surface area (Å²) in [6.07, 6.45) is 2.82. The first kappa shape index (κ1) is 16.2. The molecule has 6 nitrogen and oxygen atoms in total. The van der Waals surface area contributed by atoms with Crippen molar-refractivity contribution in [2.45, 2.75) is 18.4 Å². The van der Waals surface area contributed by atoms with Crippen LogP contribution in [0.5, 0.6) is 5.75 Å². The predicted molar refractivity (Wildman–Crippen MR) is 90.1 cm³/mol. The Kier molecular flexibility index (Phi) is 4.11. The highest BCUT2D eigenvalue weighted by Crippen LogP contribution is 2.18. The summed E-state index contributed by atoms with van der Waals surface area (Å²) >= 11 is 0. The molecule has 0 spiro atoms. The molecule has 3 rings (SSSR count). The molecule has 24 heavy (non-hydrogen) atoms. The van der Waals surface area contributed by atoms with E-state index in [4.69, 9.17) is 4.74 Å². The third-order valence-electron chi connectivity index (χ3n) is 3.50. The van der Waals surface area contributed by atoms with Crippen LogP contribution in [0.15, 0.2) is 58.4 Å². The molecule has 0 saturated carbocycles. The fourth-order valence-electron chi connectivity index (χ4n) is 2.28. The van der Waals surface area contributed by atoms with Gasteiger partial charge in [0.25, 0.3) is 5.56 Å². The Morgan fingerprint density at radius 3 is 2.71 bits per heavy atom. The van der Waals surface area contributed by atoms with E-state index in [-0.39, 0.29) is 17.1 Å². The molecule has 0 aliphatic carbocycles. The number of ether oxygens (including phenoxy) is 1. The van der Waals surface area contributed by atoms with E-state index in [1.54, 1.807) is 18.3 Å². The van der Waals surface area contributed by atoms with Gasteiger partial charge in [0.1, 0.15) is 18.0 Å². The Balaban J connectivity index is 1.87. The SMILES string of the molecule is Cc1ccn2c(=O)cc(COc3cccc(S(C)(=O)=O)c3)nc2c1. The number of benzene rings is 1. The Labute approximate surface area is 139 Å². The lowest BCUT2D eigenvalue weighted by Gasteiger charge is -2.08. The van der Waals surface area contributed by atoms with Crippen molar-refractivity contribution in [2.75, 3.05) is 6.26 Å². The molecule has 3 aromatic rings. The normalized spacial score (nSPS) is 11.6. The maximum absolute atomic E-state index is 12.1. The summed E-state index contributed by atoms with van der Waals surface area (Å²) < 4.78 is 30.2. The van der Waals surface area contributed by atoms with Gasteiger partial charge in [0.05, 0.1) is 10.6 Å². The summed E-state index contributed by atoms with van der Waals surface area (Å²) in [6.45, 7) is 2.00. The fourth-order valence-corrected chi connectivity index (χ4v) is 2.94. The minimum Gasteiger partial charge on any atom is -0.487 e. The smallest absolute Gasteiger partial charge is 0.258 e. The zero-order valence-electron chi connectivity index (χ0n) is 13.3. The average Bonchev–Trinajstić information content (AvgIpc) is 2.52. The van der Waals surface area contributed by atoms with Crippen molar-refractivity contribution in [1.29, 1.82) is 0 Å². The maximum atomic E-state index is 12.1. The van der Waals surface area contributed by atoms with E-state index in [1.165, 1.54) is 22.6 Å². The van der Waals surface area contributed by atoms with Crippen LogP contribution in [0.4, 0.5) is 0 Å². The summed E-state index contributed by atoms with van der Waals surface area (Å²) in [5, 5.41) is 0. The Morgan fingerprint density at radius 1 is 1.17 bits per heavy atom. The molecular weight excluding hydrogens is 328 g/mol. The largest absolute Gasteiger partial charge is 0.487 e. The van der Waals surface area contributed by atoms with Crippen molar-refractivity contribution in [3.05, 3.63) is 70.3 Å². The predicted octanol–water partition coefficient (Wildman–Crippen LogP) is 1.99. The molecule has 2 aromatic heterocycles. The zero-order chi connectivity index (χ0) is 17.3. The first-order valence-electron chi connectivity index (χ1n) is 7.25. The summed E-state index contributed by atoms with van der Waals surface area (Å²) in [6, 6.07) is 11.3. The highest BCUT2D eigenvalue weighted by atomic mass is 32.2. The number of nitrogens with zero attached hydrogens (tertiary/aromatic N) is 2. The van der Waals surface area contributed by atoms with Crippen LogP contribution in [-0.2, 0) is 16.4 Å². The molecule has 0 N–H and O–H groups in total. The molecule has 0 saturated heterocycles. The van der Waals surface area contributed by atoms with Gasteiger partial charge in [0, 0.05) is 18.5 Å². The number of aryl methyl sites for hydroxylation is 1. The molecule has 7 heteroatoms. The van der Waals surface area contributed by atoms with Gasteiger partial charge in [-0.25, -0.2) is 13.4 Å². The quantitative estimate of drug-likeness (QED) is 0.723. The van der Waals surface area contributed by atoms with Crippen LogP contribution in [-0.4, -0.2) is 24.1 Å². The Morgan fingerprint density at radius 2 is 1.96 bits per heavy atom. The van der Waals surface area contributed by atoms with Gasteiger partial charge in [0.2, 0.25) is 0 Å². The van der Waals surface area contributed by atoms with Gasteiger partial charge in [-0.3, -0.25) is 9.20 Å². The van der Waals surface area contributed by atoms with Crippen LogP contribution in [0.1, 0.15) is 11.3 Å². The van der Waals surface area contributed by atoms with E-state index in [9.17, 15) is 13.2 Å². The number of fused-ring (bicyclic) bond motifs is 1. The molecule has 0 unspecified atom stereocenters. The lowest BCUT2D eigenvalue weighted by atomic mass is 10.3. The molecular formula is C17H16N2O4S. The molecule has 1 aromatic carbocycles. The van der Waals surface area contributed by atoms with E-state index in [2.05, 4.69) is 4.98 Å². The van der Waals surface area contributed by atoms with Crippen molar-refractivity contribution < 1.29 is 13.2 Å². The molecule has 124 valence electrons. The van der Waals surface area contributed by atoms with Gasteiger partial charge >= 0.3 is 0 Å². The average molecular weight is 344 g/mol. The molecule has 0 fully saturated rings. The van der Waals surface area contributed by atoms with Crippen LogP contribution in [0.3, 0.4) is 0 Å². The second-order valence-electron chi connectivity index (χ2n) is 5.55. The van der Waals surface area contributed by atoms with E-state index < -0.39 is 9.84 Å². The van der Waals surface area contributed by atoms with Crippen LogP contribution in [0, 0.1) is 6.92 Å². The molecule has 0 atom stereocenters. The molecule has 0 aliphatic heterocycles. The van der Waals surface area contributed by atoms with E-state index >= 15 is 0 Å². The van der Waals surface area contributed by atoms with Gasteiger partial charge in [-0.05, 0) is 42.8 Å². The third kappa shape index (κ3) is 3.46. The third-order valence-corrected chi connectivity index (χ3v) is 4.61. The number of aromatic nitrogens is 2. The van der Waals surface area contributed by atoms with E-state index in [0.29, 0.717) is 17.1 Å². The summed E-state index contributed by atoms with van der Waals surface area (Å²) in [5.74, 6) is 0.407. The Bertz CT molecular complexity index is 1070. The van der Waals surface area contributed by atoms with Crippen LogP contribution in [0.25, 0.3) is 5.65 Å². The van der Waals surface area contributed by atoms with Gasteiger partial charge in [-0.15, -0.1) is 0 Å². The first-order valence-corrected chi connectivity index (χ1v) is 9.14. The standard InChI is InChI=1S/C17H16N2O4S/c1-12-6-7-19-16(8-12)18-13(9-17(19)20)11-23-14-4-3-5-15(10-14)24(2,21)22/h3-10H,11H2,1-2H3. The molecule has 0 radical (unpaired) electrons. The number of hydrogen-bond acceptors (Lipinski definition) is 5. The molecule has 0 aliphatic rings. The Hall–Kier alpha value is -2.67. The van der Waals surface area contributed by atoms with E-state index in [1.807, 2.05) is 19.1 Å². The number of rotatable bonds is 4. The fraction of sp³-hybridized carbons (Fsp3) is 0.176. The van der Waals surface area contributed by atoms with Crippen molar-refractivity contribution in [2.24, 2.45) is 0 Å². The molecule has 0 amide bonds. The maximum Gasteiger partial charge on any atom is 0.258 e. The van der Waals surface area contributed by atoms with Crippen molar-refractivity contribution in [3.63, 3.8) is 0 Å². The van der Waals surface area contributed by atoms with Crippen molar-refractivity contribution in [1.82, 2.24) is 9.38 Å². The summed E-state index contributed by atoms with van der Waals surface area (Å²) in [4.78, 5) is 16.7. The zero-order valence-corrected chi connectivity index (χ0v) is 14.1. The lowest BCUT2D eigenvalue weighted by Crippen LogP contribution is -2.16. The van der Waals surface area contributed by atoms with Gasteiger partial charge < -0.3 is 4.74 Å². The monoisotopic (exact) mass is 344 g/mol. The van der Waals surface area contributed by atoms with Crippen LogP contribution < -0.4 is 10.3 Å². The number of pyridine rings is 1. The van der Waals surface area contributed by atoms with Gasteiger partial charge in [-0.2, -0.15) is 0 Å². The first-order chi connectivity index (χ1) is 11.3. The number of sulfone groups is 1. The lowest BCUT2D eigenvalue weighted by molar-refractivity contribution is 0.300. The second-order valence-corrected chi connectivity index (χ2v) is 7.57. The highest BCUT2D eigenvalue weighted by Gasteiger charge is 2.09. The summed E-state index contributed by atoms with van der Waals surface area (Å²) in [5.41, 5.74) is 1.84. The summed E-state index contributed by atoms with van der Waals surface area (Å²) in [7, 11) is -3.30. The number of hydrogen-bond donors (Lipinski definition) is 0. The molecule has 0 bridgehead atoms. The van der Waals surface area contributed by atoms with Crippen molar-refractivity contribution in [3.8, 4) is 5.75 Å². The van der Waals surface area contributed by atoms with Crippen LogP contribution in [0.2, 0.25) is 0 Å². The highest BCUT2D eigenvalue weighted by molar-refractivity contribution is 7.90. The van der Waals surface area contributed by atoms with Gasteiger partial charge in [0.15, 0.2) is 9.84 Å². The van der Waals surface area contributed by atoms with Crippen molar-refractivity contribution >= 4 is 15.5 Å². The molecule has 2 heterocycles.